The minimum atomic E-state index is -0.823. The largest absolute Gasteiger partial charge is 0.492 e. The molecule has 0 heterocycles. The summed E-state index contributed by atoms with van der Waals surface area (Å²) in [5, 5.41) is 9.15. The van der Waals surface area contributed by atoms with E-state index in [4.69, 9.17) is 9.84 Å². The lowest BCUT2D eigenvalue weighted by molar-refractivity contribution is -0.149. The van der Waals surface area contributed by atoms with Gasteiger partial charge in [-0.25, -0.2) is 0 Å². The molecule has 3 heteroatoms. The Bertz CT molecular complexity index is 395. The molecule has 0 amide bonds. The highest BCUT2D eigenvalue weighted by atomic mass is 16.5. The van der Waals surface area contributed by atoms with Crippen LogP contribution in [0.3, 0.4) is 0 Å². The van der Waals surface area contributed by atoms with E-state index in [1.54, 1.807) is 6.92 Å². The van der Waals surface area contributed by atoms with Crippen molar-refractivity contribution in [2.45, 2.75) is 40.0 Å². The number of ether oxygens (including phenoxy) is 1. The van der Waals surface area contributed by atoms with E-state index in [0.717, 1.165) is 5.75 Å². The Morgan fingerprint density at radius 2 is 1.89 bits per heavy atom. The van der Waals surface area contributed by atoms with Crippen LogP contribution in [0.25, 0.3) is 0 Å². The molecular weight excluding hydrogens is 228 g/mol. The molecule has 1 N–H and O–H groups in total. The van der Waals surface area contributed by atoms with Gasteiger partial charge in [-0.2, -0.15) is 0 Å². The number of hydrogen-bond donors (Lipinski definition) is 1. The molecule has 18 heavy (non-hydrogen) atoms. The van der Waals surface area contributed by atoms with E-state index in [1.807, 2.05) is 31.2 Å². The lowest BCUT2D eigenvalue weighted by Gasteiger charge is -2.23. The molecule has 1 atom stereocenters. The maximum atomic E-state index is 11.1. The Morgan fingerprint density at radius 3 is 2.28 bits per heavy atom. The lowest BCUT2D eigenvalue weighted by atomic mass is 9.89. The summed E-state index contributed by atoms with van der Waals surface area (Å²) in [5.41, 5.74) is 0.426. The molecule has 1 aromatic rings. The van der Waals surface area contributed by atoms with Crippen LogP contribution in [-0.4, -0.2) is 17.7 Å². The number of hydrogen-bond acceptors (Lipinski definition) is 2. The van der Waals surface area contributed by atoms with Gasteiger partial charge in [-0.3, -0.25) is 4.79 Å². The summed E-state index contributed by atoms with van der Waals surface area (Å²) in [4.78, 5) is 11.1. The summed E-state index contributed by atoms with van der Waals surface area (Å²) in [5.74, 6) is 0.392. The van der Waals surface area contributed by atoms with Crippen molar-refractivity contribution in [3.8, 4) is 5.75 Å². The van der Waals surface area contributed by atoms with Gasteiger partial charge >= 0.3 is 5.97 Å². The molecule has 1 aromatic carbocycles. The maximum Gasteiger partial charge on any atom is 0.312 e. The number of aliphatic carboxylic acids is 1. The first-order valence-electron chi connectivity index (χ1n) is 6.35. The molecule has 0 aromatic heterocycles. The molecule has 0 aliphatic carbocycles. The Morgan fingerprint density at radius 1 is 1.33 bits per heavy atom. The van der Waals surface area contributed by atoms with Crippen molar-refractivity contribution in [3.63, 3.8) is 0 Å². The molecule has 0 aliphatic heterocycles. The van der Waals surface area contributed by atoms with Crippen LogP contribution in [0, 0.1) is 5.41 Å². The van der Waals surface area contributed by atoms with Crippen molar-refractivity contribution < 1.29 is 14.6 Å². The quantitative estimate of drug-likeness (QED) is 0.837. The molecule has 0 spiro atoms. The van der Waals surface area contributed by atoms with E-state index in [2.05, 4.69) is 13.8 Å². The van der Waals surface area contributed by atoms with Crippen LogP contribution in [-0.2, 0) is 4.79 Å². The zero-order chi connectivity index (χ0) is 13.8. The van der Waals surface area contributed by atoms with Crippen LogP contribution in [0.4, 0.5) is 0 Å². The highest BCUT2D eigenvalue weighted by Gasteiger charge is 2.32. The fourth-order valence-corrected chi connectivity index (χ4v) is 1.51. The van der Waals surface area contributed by atoms with E-state index in [1.165, 1.54) is 5.56 Å². The normalized spacial score (nSPS) is 14.3. The van der Waals surface area contributed by atoms with Crippen LogP contribution in [0.2, 0.25) is 0 Å². The van der Waals surface area contributed by atoms with Crippen LogP contribution in [0.15, 0.2) is 24.3 Å². The van der Waals surface area contributed by atoms with Crippen LogP contribution in [0.5, 0.6) is 5.75 Å². The average Bonchev–Trinajstić information content (AvgIpc) is 2.36. The van der Waals surface area contributed by atoms with E-state index in [-0.39, 0.29) is 6.61 Å². The first-order chi connectivity index (χ1) is 8.39. The standard InChI is InChI=1S/C15H22O3/c1-5-15(4,14(16)17)10-18-13-8-6-12(7-9-13)11(2)3/h6-9,11H,5,10H2,1-4H3,(H,16,17). The highest BCUT2D eigenvalue weighted by molar-refractivity contribution is 5.74. The van der Waals surface area contributed by atoms with Gasteiger partial charge < -0.3 is 9.84 Å². The maximum absolute atomic E-state index is 11.1. The fraction of sp³-hybridized carbons (Fsp3) is 0.533. The predicted molar refractivity (Wildman–Crippen MR) is 72.1 cm³/mol. The number of carbonyl (C=O) groups is 1. The van der Waals surface area contributed by atoms with Crippen molar-refractivity contribution in [3.05, 3.63) is 29.8 Å². The number of rotatable bonds is 6. The highest BCUT2D eigenvalue weighted by Crippen LogP contribution is 2.24. The van der Waals surface area contributed by atoms with Crippen LogP contribution < -0.4 is 4.74 Å². The Labute approximate surface area is 109 Å². The zero-order valence-corrected chi connectivity index (χ0v) is 11.6. The molecule has 1 unspecified atom stereocenters. The summed E-state index contributed by atoms with van der Waals surface area (Å²) in [6, 6.07) is 7.83. The van der Waals surface area contributed by atoms with Gasteiger partial charge in [-0.1, -0.05) is 32.9 Å². The Hall–Kier alpha value is -1.51. The third kappa shape index (κ3) is 3.49. The molecule has 1 rings (SSSR count). The molecule has 3 nitrogen and oxygen atoms in total. The molecule has 100 valence electrons. The van der Waals surface area contributed by atoms with Gasteiger partial charge in [0.05, 0.1) is 5.41 Å². The molecule has 0 bridgehead atoms. The third-order valence-electron chi connectivity index (χ3n) is 3.40. The van der Waals surface area contributed by atoms with Gasteiger partial charge in [-0.15, -0.1) is 0 Å². The first-order valence-corrected chi connectivity index (χ1v) is 6.35. The molecular formula is C15H22O3. The van der Waals surface area contributed by atoms with Crippen molar-refractivity contribution in [2.24, 2.45) is 5.41 Å². The van der Waals surface area contributed by atoms with Crippen molar-refractivity contribution in [2.75, 3.05) is 6.61 Å². The number of carboxylic acids is 1. The molecule has 0 saturated heterocycles. The van der Waals surface area contributed by atoms with E-state index < -0.39 is 11.4 Å². The summed E-state index contributed by atoms with van der Waals surface area (Å²) in [7, 11) is 0. The number of benzene rings is 1. The van der Waals surface area contributed by atoms with Gasteiger partial charge in [0.15, 0.2) is 0 Å². The number of carboxylic acid groups (broad SMARTS) is 1. The van der Waals surface area contributed by atoms with Gasteiger partial charge in [-0.05, 0) is 37.0 Å². The van der Waals surface area contributed by atoms with E-state index in [9.17, 15) is 4.79 Å². The van der Waals surface area contributed by atoms with Crippen molar-refractivity contribution >= 4 is 5.97 Å². The third-order valence-corrected chi connectivity index (χ3v) is 3.40. The minimum absolute atomic E-state index is 0.194. The zero-order valence-electron chi connectivity index (χ0n) is 11.6. The van der Waals surface area contributed by atoms with Gasteiger partial charge in [0.25, 0.3) is 0 Å². The van der Waals surface area contributed by atoms with E-state index in [0.29, 0.717) is 12.3 Å². The first kappa shape index (κ1) is 14.6. The molecule has 0 saturated carbocycles. The second kappa shape index (κ2) is 5.89. The fourth-order valence-electron chi connectivity index (χ4n) is 1.51. The second-order valence-electron chi connectivity index (χ2n) is 5.23. The molecule has 0 aliphatic rings. The average molecular weight is 250 g/mol. The summed E-state index contributed by atoms with van der Waals surface area (Å²) in [6.45, 7) is 8.03. The van der Waals surface area contributed by atoms with Crippen LogP contribution in [0.1, 0.15) is 45.6 Å². The minimum Gasteiger partial charge on any atom is -0.492 e. The van der Waals surface area contributed by atoms with Crippen molar-refractivity contribution in [1.82, 2.24) is 0 Å². The molecule has 0 radical (unpaired) electrons. The van der Waals surface area contributed by atoms with Gasteiger partial charge in [0.1, 0.15) is 12.4 Å². The van der Waals surface area contributed by atoms with Crippen molar-refractivity contribution in [1.29, 1.82) is 0 Å². The molecule has 0 fully saturated rings. The summed E-state index contributed by atoms with van der Waals surface area (Å²) in [6.07, 6.45) is 0.548. The summed E-state index contributed by atoms with van der Waals surface area (Å²) < 4.78 is 5.58. The monoisotopic (exact) mass is 250 g/mol. The Balaban J connectivity index is 2.66. The lowest BCUT2D eigenvalue weighted by Crippen LogP contribution is -2.33. The SMILES string of the molecule is CCC(C)(COc1ccc(C(C)C)cc1)C(=O)O. The van der Waals surface area contributed by atoms with E-state index >= 15 is 0 Å². The second-order valence-corrected chi connectivity index (χ2v) is 5.23. The Kier molecular flexibility index (Phi) is 4.76. The topological polar surface area (TPSA) is 46.5 Å². The smallest absolute Gasteiger partial charge is 0.312 e. The summed E-state index contributed by atoms with van der Waals surface area (Å²) >= 11 is 0. The van der Waals surface area contributed by atoms with Gasteiger partial charge in [0.2, 0.25) is 0 Å². The predicted octanol–water partition coefficient (Wildman–Crippen LogP) is 3.69. The van der Waals surface area contributed by atoms with Crippen LogP contribution >= 0.6 is 0 Å². The van der Waals surface area contributed by atoms with Gasteiger partial charge in [0, 0.05) is 0 Å².